The summed E-state index contributed by atoms with van der Waals surface area (Å²) in [5.41, 5.74) is 0.626. The van der Waals surface area contributed by atoms with E-state index in [1.807, 2.05) is 6.92 Å². The average molecular weight is 309 g/mol. The predicted molar refractivity (Wildman–Crippen MR) is 75.4 cm³/mol. The summed E-state index contributed by atoms with van der Waals surface area (Å²) in [4.78, 5) is 23.2. The van der Waals surface area contributed by atoms with Crippen molar-refractivity contribution in [2.75, 3.05) is 6.54 Å². The molecule has 0 bridgehead atoms. The molecule has 1 atom stereocenters. The van der Waals surface area contributed by atoms with Gasteiger partial charge >= 0.3 is 5.97 Å². The van der Waals surface area contributed by atoms with Gasteiger partial charge in [-0.05, 0) is 34.2 Å². The lowest BCUT2D eigenvalue weighted by atomic mass is 10.1. The van der Waals surface area contributed by atoms with Gasteiger partial charge in [-0.1, -0.05) is 6.92 Å². The van der Waals surface area contributed by atoms with Crippen LogP contribution in [0.4, 0.5) is 0 Å². The molecule has 0 fully saturated rings. The minimum absolute atomic E-state index is 0.0986. The number of aliphatic carboxylic acids is 1. The van der Waals surface area contributed by atoms with E-state index < -0.39 is 5.97 Å². The Morgan fingerprint density at radius 3 is 3.00 bits per heavy atom. The number of rotatable bonds is 7. The number of tetrazole rings is 1. The molecule has 8 nitrogen and oxygen atoms in total. The number of amides is 1. The molecule has 0 aliphatic rings. The van der Waals surface area contributed by atoms with Crippen LogP contribution in [0.2, 0.25) is 0 Å². The van der Waals surface area contributed by atoms with Crippen LogP contribution >= 0.6 is 11.3 Å². The zero-order valence-electron chi connectivity index (χ0n) is 11.4. The van der Waals surface area contributed by atoms with Gasteiger partial charge in [0.1, 0.15) is 11.2 Å². The standard InChI is InChI=1S/C12H15N5O3S/c1-8(2-3-10(18)19)6-13-12(20)11-9(4-5-21-11)17-7-14-15-16-17/h4-5,7-8H,2-3,6H2,1H3,(H,13,20)(H,18,19). The largest absolute Gasteiger partial charge is 0.481 e. The Hall–Kier alpha value is -2.29. The Balaban J connectivity index is 1.93. The summed E-state index contributed by atoms with van der Waals surface area (Å²) < 4.78 is 1.43. The molecular formula is C12H15N5O3S. The first-order chi connectivity index (χ1) is 10.1. The van der Waals surface area contributed by atoms with Gasteiger partial charge in [-0.15, -0.1) is 16.4 Å². The SMILES string of the molecule is CC(CCC(=O)O)CNC(=O)c1sccc1-n1cnnn1. The number of carboxylic acid groups (broad SMARTS) is 1. The van der Waals surface area contributed by atoms with Gasteiger partial charge in [0.15, 0.2) is 0 Å². The van der Waals surface area contributed by atoms with Crippen LogP contribution in [-0.2, 0) is 4.79 Å². The fraction of sp³-hybridized carbons (Fsp3) is 0.417. The molecule has 2 N–H and O–H groups in total. The lowest BCUT2D eigenvalue weighted by Gasteiger charge is -2.11. The molecule has 1 amide bonds. The molecule has 2 heterocycles. The van der Waals surface area contributed by atoms with Crippen LogP contribution in [0.15, 0.2) is 17.8 Å². The fourth-order valence-electron chi connectivity index (χ4n) is 1.74. The number of thiophene rings is 1. The maximum absolute atomic E-state index is 12.2. The minimum Gasteiger partial charge on any atom is -0.481 e. The van der Waals surface area contributed by atoms with Gasteiger partial charge in [-0.3, -0.25) is 9.59 Å². The lowest BCUT2D eigenvalue weighted by molar-refractivity contribution is -0.137. The summed E-state index contributed by atoms with van der Waals surface area (Å²) in [7, 11) is 0. The normalized spacial score (nSPS) is 12.0. The molecule has 1 unspecified atom stereocenters. The number of nitrogens with one attached hydrogen (secondary N) is 1. The highest BCUT2D eigenvalue weighted by Gasteiger charge is 2.16. The maximum atomic E-state index is 12.2. The van der Waals surface area contributed by atoms with Crippen molar-refractivity contribution in [1.82, 2.24) is 25.5 Å². The number of hydrogen-bond acceptors (Lipinski definition) is 6. The summed E-state index contributed by atoms with van der Waals surface area (Å²) >= 11 is 1.30. The van der Waals surface area contributed by atoms with Crippen molar-refractivity contribution in [3.63, 3.8) is 0 Å². The number of carbonyl (C=O) groups excluding carboxylic acids is 1. The third-order valence-corrected chi connectivity index (χ3v) is 3.81. The molecule has 0 saturated heterocycles. The first kappa shape index (κ1) is 15.1. The lowest BCUT2D eigenvalue weighted by Crippen LogP contribution is -2.28. The van der Waals surface area contributed by atoms with E-state index in [9.17, 15) is 9.59 Å². The Kier molecular flexibility index (Phi) is 4.99. The van der Waals surface area contributed by atoms with Crippen molar-refractivity contribution >= 4 is 23.2 Å². The van der Waals surface area contributed by atoms with Gasteiger partial charge in [-0.2, -0.15) is 4.68 Å². The van der Waals surface area contributed by atoms with Crippen LogP contribution in [0.25, 0.3) is 5.69 Å². The van der Waals surface area contributed by atoms with Crippen LogP contribution in [0, 0.1) is 5.92 Å². The van der Waals surface area contributed by atoms with E-state index in [4.69, 9.17) is 5.11 Å². The highest BCUT2D eigenvalue weighted by atomic mass is 32.1. The van der Waals surface area contributed by atoms with Crippen LogP contribution in [0.3, 0.4) is 0 Å². The van der Waals surface area contributed by atoms with Crippen molar-refractivity contribution in [2.24, 2.45) is 5.92 Å². The van der Waals surface area contributed by atoms with Gasteiger partial charge in [0.05, 0.1) is 5.69 Å². The monoisotopic (exact) mass is 309 g/mol. The van der Waals surface area contributed by atoms with E-state index >= 15 is 0 Å². The summed E-state index contributed by atoms with van der Waals surface area (Å²) in [5, 5.41) is 24.1. The summed E-state index contributed by atoms with van der Waals surface area (Å²) in [5.74, 6) is -0.938. The predicted octanol–water partition coefficient (Wildman–Crippen LogP) is 0.954. The smallest absolute Gasteiger partial charge is 0.303 e. The van der Waals surface area contributed by atoms with Crippen molar-refractivity contribution in [3.05, 3.63) is 22.7 Å². The van der Waals surface area contributed by atoms with E-state index in [0.717, 1.165) is 0 Å². The first-order valence-electron chi connectivity index (χ1n) is 6.38. The highest BCUT2D eigenvalue weighted by Crippen LogP contribution is 2.19. The molecule has 2 aromatic heterocycles. The van der Waals surface area contributed by atoms with E-state index in [2.05, 4.69) is 20.8 Å². The quantitative estimate of drug-likeness (QED) is 0.788. The highest BCUT2D eigenvalue weighted by molar-refractivity contribution is 7.12. The van der Waals surface area contributed by atoms with Gasteiger partial charge in [0.2, 0.25) is 0 Å². The van der Waals surface area contributed by atoms with Gasteiger partial charge in [-0.25, -0.2) is 0 Å². The van der Waals surface area contributed by atoms with Crippen molar-refractivity contribution in [1.29, 1.82) is 0 Å². The molecule has 0 aliphatic heterocycles. The minimum atomic E-state index is -0.826. The summed E-state index contributed by atoms with van der Waals surface area (Å²) in [6.07, 6.45) is 2.06. The van der Waals surface area contributed by atoms with Crippen LogP contribution in [-0.4, -0.2) is 43.7 Å². The van der Waals surface area contributed by atoms with Crippen molar-refractivity contribution < 1.29 is 14.7 Å². The third-order valence-electron chi connectivity index (χ3n) is 2.91. The maximum Gasteiger partial charge on any atom is 0.303 e. The number of nitrogens with zero attached hydrogens (tertiary/aromatic N) is 4. The zero-order chi connectivity index (χ0) is 15.2. The second-order valence-electron chi connectivity index (χ2n) is 4.64. The van der Waals surface area contributed by atoms with E-state index in [1.54, 1.807) is 11.4 Å². The average Bonchev–Trinajstić information content (AvgIpc) is 3.11. The van der Waals surface area contributed by atoms with E-state index in [1.165, 1.54) is 22.3 Å². The molecule has 0 radical (unpaired) electrons. The Labute approximate surface area is 124 Å². The second kappa shape index (κ2) is 6.93. The summed E-state index contributed by atoms with van der Waals surface area (Å²) in [6, 6.07) is 1.77. The molecule has 112 valence electrons. The van der Waals surface area contributed by atoms with E-state index in [0.29, 0.717) is 23.5 Å². The molecule has 2 aromatic rings. The molecular weight excluding hydrogens is 294 g/mol. The number of aromatic nitrogens is 4. The van der Waals surface area contributed by atoms with Crippen LogP contribution < -0.4 is 5.32 Å². The topological polar surface area (TPSA) is 110 Å². The first-order valence-corrected chi connectivity index (χ1v) is 7.26. The molecule has 0 saturated carbocycles. The molecule has 0 aromatic carbocycles. The molecule has 0 aliphatic carbocycles. The van der Waals surface area contributed by atoms with Gasteiger partial charge in [0, 0.05) is 13.0 Å². The third kappa shape index (κ3) is 4.09. The number of carboxylic acids is 1. The fourth-order valence-corrected chi connectivity index (χ4v) is 2.54. The van der Waals surface area contributed by atoms with Crippen LogP contribution in [0.5, 0.6) is 0 Å². The second-order valence-corrected chi connectivity index (χ2v) is 5.55. The molecule has 9 heteroatoms. The zero-order valence-corrected chi connectivity index (χ0v) is 12.2. The van der Waals surface area contributed by atoms with Crippen molar-refractivity contribution in [3.8, 4) is 5.69 Å². The Morgan fingerprint density at radius 2 is 2.33 bits per heavy atom. The van der Waals surface area contributed by atoms with Gasteiger partial charge < -0.3 is 10.4 Å². The van der Waals surface area contributed by atoms with Crippen molar-refractivity contribution in [2.45, 2.75) is 19.8 Å². The number of hydrogen-bond donors (Lipinski definition) is 2. The Bertz CT molecular complexity index is 610. The van der Waals surface area contributed by atoms with E-state index in [-0.39, 0.29) is 18.2 Å². The van der Waals surface area contributed by atoms with Gasteiger partial charge in [0.25, 0.3) is 5.91 Å². The Morgan fingerprint density at radius 1 is 1.52 bits per heavy atom. The number of carbonyl (C=O) groups is 2. The summed E-state index contributed by atoms with van der Waals surface area (Å²) in [6.45, 7) is 2.33. The van der Waals surface area contributed by atoms with Crippen LogP contribution in [0.1, 0.15) is 29.4 Å². The molecule has 21 heavy (non-hydrogen) atoms. The molecule has 0 spiro atoms. The molecule has 2 rings (SSSR count).